The molecule has 0 aliphatic carbocycles. The molecule has 3 unspecified atom stereocenters. The van der Waals surface area contributed by atoms with Crippen molar-refractivity contribution in [2.75, 3.05) is 6.61 Å². The maximum Gasteiger partial charge on any atom is 0.124 e. The Labute approximate surface area is 116 Å². The van der Waals surface area contributed by atoms with Gasteiger partial charge in [-0.25, -0.2) is 4.39 Å². The second kappa shape index (κ2) is 6.13. The molecule has 2 rings (SSSR count). The normalized spacial score (nSPS) is 23.0. The van der Waals surface area contributed by atoms with Crippen LogP contribution < -0.4 is 5.32 Å². The first-order chi connectivity index (χ1) is 8.58. The van der Waals surface area contributed by atoms with Gasteiger partial charge in [0, 0.05) is 23.2 Å². The van der Waals surface area contributed by atoms with Crippen molar-refractivity contribution in [1.82, 2.24) is 5.32 Å². The van der Waals surface area contributed by atoms with Crippen LogP contribution >= 0.6 is 15.9 Å². The molecule has 0 radical (unpaired) electrons. The van der Waals surface area contributed by atoms with E-state index in [-0.39, 0.29) is 11.9 Å². The second-order valence-corrected chi connectivity index (χ2v) is 5.75. The van der Waals surface area contributed by atoms with Crippen molar-refractivity contribution in [3.63, 3.8) is 0 Å². The highest BCUT2D eigenvalue weighted by molar-refractivity contribution is 9.10. The van der Waals surface area contributed by atoms with Crippen molar-refractivity contribution in [1.29, 1.82) is 0 Å². The summed E-state index contributed by atoms with van der Waals surface area (Å²) in [5, 5.41) is 3.52. The van der Waals surface area contributed by atoms with Crippen molar-refractivity contribution < 1.29 is 9.13 Å². The predicted molar refractivity (Wildman–Crippen MR) is 74.1 cm³/mol. The van der Waals surface area contributed by atoms with Gasteiger partial charge in [0.25, 0.3) is 0 Å². The number of nitrogens with one attached hydrogen (secondary N) is 1. The highest BCUT2D eigenvalue weighted by Gasteiger charge is 2.24. The average molecular weight is 316 g/mol. The zero-order valence-corrected chi connectivity index (χ0v) is 12.3. The van der Waals surface area contributed by atoms with Crippen LogP contribution in [0.4, 0.5) is 4.39 Å². The molecule has 1 aliphatic heterocycles. The predicted octanol–water partition coefficient (Wildman–Crippen LogP) is 3.81. The Morgan fingerprint density at radius 3 is 2.83 bits per heavy atom. The molecule has 0 spiro atoms. The highest BCUT2D eigenvalue weighted by Crippen LogP contribution is 2.25. The molecular weight excluding hydrogens is 297 g/mol. The van der Waals surface area contributed by atoms with Crippen LogP contribution in [0.5, 0.6) is 0 Å². The molecule has 1 aliphatic rings. The summed E-state index contributed by atoms with van der Waals surface area (Å²) in [7, 11) is 0. The first-order valence-electron chi connectivity index (χ1n) is 6.40. The fourth-order valence-electron chi connectivity index (χ4n) is 2.44. The van der Waals surface area contributed by atoms with E-state index in [0.29, 0.717) is 12.1 Å². The van der Waals surface area contributed by atoms with Crippen LogP contribution in [0.3, 0.4) is 0 Å². The summed E-state index contributed by atoms with van der Waals surface area (Å²) in [6, 6.07) is 5.29. The van der Waals surface area contributed by atoms with E-state index in [1.54, 1.807) is 0 Å². The molecule has 0 amide bonds. The molecular formula is C14H19BrFNO. The van der Waals surface area contributed by atoms with Gasteiger partial charge in [-0.1, -0.05) is 22.0 Å². The van der Waals surface area contributed by atoms with E-state index in [4.69, 9.17) is 4.74 Å². The van der Waals surface area contributed by atoms with Crippen LogP contribution in [-0.2, 0) is 4.74 Å². The summed E-state index contributed by atoms with van der Waals surface area (Å²) in [4.78, 5) is 0. The number of halogens is 2. The minimum atomic E-state index is -0.218. The van der Waals surface area contributed by atoms with Crippen LogP contribution in [0, 0.1) is 5.82 Å². The van der Waals surface area contributed by atoms with E-state index in [1.165, 1.54) is 12.1 Å². The maximum atomic E-state index is 13.0. The van der Waals surface area contributed by atoms with E-state index in [9.17, 15) is 4.39 Å². The number of ether oxygens (including phenoxy) is 1. The van der Waals surface area contributed by atoms with Gasteiger partial charge >= 0.3 is 0 Å². The minimum Gasteiger partial charge on any atom is -0.377 e. The highest BCUT2D eigenvalue weighted by atomic mass is 79.9. The SMILES string of the molecule is CC(NC(C)C1CCCO1)c1ccc(F)cc1Br. The van der Waals surface area contributed by atoms with Crippen LogP contribution in [-0.4, -0.2) is 18.8 Å². The van der Waals surface area contributed by atoms with E-state index in [2.05, 4.69) is 35.1 Å². The van der Waals surface area contributed by atoms with Gasteiger partial charge in [-0.3, -0.25) is 0 Å². The molecule has 1 aromatic carbocycles. The molecule has 1 N–H and O–H groups in total. The molecule has 0 aromatic heterocycles. The molecule has 0 saturated carbocycles. The van der Waals surface area contributed by atoms with E-state index >= 15 is 0 Å². The van der Waals surface area contributed by atoms with Gasteiger partial charge in [0.2, 0.25) is 0 Å². The molecule has 4 heteroatoms. The van der Waals surface area contributed by atoms with Crippen LogP contribution in [0.15, 0.2) is 22.7 Å². The lowest BCUT2D eigenvalue weighted by molar-refractivity contribution is 0.0804. The number of hydrogen-bond donors (Lipinski definition) is 1. The maximum absolute atomic E-state index is 13.0. The van der Waals surface area contributed by atoms with Crippen molar-refractivity contribution in [3.05, 3.63) is 34.1 Å². The smallest absolute Gasteiger partial charge is 0.124 e. The molecule has 18 heavy (non-hydrogen) atoms. The van der Waals surface area contributed by atoms with Gasteiger partial charge in [0.1, 0.15) is 5.82 Å². The third-order valence-corrected chi connectivity index (χ3v) is 4.15. The van der Waals surface area contributed by atoms with Gasteiger partial charge in [-0.05, 0) is 44.4 Å². The summed E-state index contributed by atoms with van der Waals surface area (Å²) in [5.41, 5.74) is 1.07. The third-order valence-electron chi connectivity index (χ3n) is 3.46. The molecule has 1 aromatic rings. The Morgan fingerprint density at radius 2 is 2.22 bits per heavy atom. The largest absolute Gasteiger partial charge is 0.377 e. The Kier molecular flexibility index (Phi) is 4.76. The van der Waals surface area contributed by atoms with Gasteiger partial charge in [-0.2, -0.15) is 0 Å². The lowest BCUT2D eigenvalue weighted by Crippen LogP contribution is -2.38. The summed E-state index contributed by atoms with van der Waals surface area (Å²) in [6.07, 6.45) is 2.56. The van der Waals surface area contributed by atoms with Gasteiger partial charge in [-0.15, -0.1) is 0 Å². The molecule has 0 bridgehead atoms. The Balaban J connectivity index is 2.00. The van der Waals surface area contributed by atoms with Crippen molar-refractivity contribution in [3.8, 4) is 0 Å². The number of hydrogen-bond acceptors (Lipinski definition) is 2. The van der Waals surface area contributed by atoms with Crippen LogP contribution in [0.1, 0.15) is 38.3 Å². The van der Waals surface area contributed by atoms with Crippen LogP contribution in [0.2, 0.25) is 0 Å². The molecule has 2 nitrogen and oxygen atoms in total. The summed E-state index contributed by atoms with van der Waals surface area (Å²) in [5.74, 6) is -0.218. The summed E-state index contributed by atoms with van der Waals surface area (Å²) >= 11 is 3.41. The fraction of sp³-hybridized carbons (Fsp3) is 0.571. The van der Waals surface area contributed by atoms with Crippen LogP contribution in [0.25, 0.3) is 0 Å². The Morgan fingerprint density at radius 1 is 1.44 bits per heavy atom. The molecule has 1 saturated heterocycles. The van der Waals surface area contributed by atoms with Crippen molar-refractivity contribution in [2.24, 2.45) is 0 Å². The van der Waals surface area contributed by atoms with E-state index in [1.807, 2.05) is 6.07 Å². The summed E-state index contributed by atoms with van der Waals surface area (Å²) in [6.45, 7) is 5.10. The quantitative estimate of drug-likeness (QED) is 0.912. The van der Waals surface area contributed by atoms with E-state index < -0.39 is 0 Å². The van der Waals surface area contributed by atoms with Crippen molar-refractivity contribution >= 4 is 15.9 Å². The first kappa shape index (κ1) is 14.0. The number of benzene rings is 1. The van der Waals surface area contributed by atoms with Gasteiger partial charge < -0.3 is 10.1 Å². The molecule has 3 atom stereocenters. The average Bonchev–Trinajstić information content (AvgIpc) is 2.81. The van der Waals surface area contributed by atoms with Gasteiger partial charge in [0.15, 0.2) is 0 Å². The topological polar surface area (TPSA) is 21.3 Å². The Hall–Kier alpha value is -0.450. The third kappa shape index (κ3) is 3.31. The molecule has 1 heterocycles. The molecule has 1 fully saturated rings. The zero-order chi connectivity index (χ0) is 13.1. The van der Waals surface area contributed by atoms with E-state index in [0.717, 1.165) is 29.5 Å². The zero-order valence-electron chi connectivity index (χ0n) is 10.7. The lowest BCUT2D eigenvalue weighted by atomic mass is 10.0. The first-order valence-corrected chi connectivity index (χ1v) is 7.20. The van der Waals surface area contributed by atoms with Crippen molar-refractivity contribution in [2.45, 2.75) is 44.9 Å². The molecule has 100 valence electrons. The summed E-state index contributed by atoms with van der Waals surface area (Å²) < 4.78 is 19.5. The minimum absolute atomic E-state index is 0.166. The monoisotopic (exact) mass is 315 g/mol. The standard InChI is InChI=1S/C14H19BrFNO/c1-9(12-6-5-11(16)8-13(12)15)17-10(2)14-4-3-7-18-14/h5-6,8-10,14,17H,3-4,7H2,1-2H3. The lowest BCUT2D eigenvalue weighted by Gasteiger charge is -2.25. The van der Waals surface area contributed by atoms with Gasteiger partial charge in [0.05, 0.1) is 6.10 Å². The Bertz CT molecular complexity index is 407. The fourth-order valence-corrected chi connectivity index (χ4v) is 3.14. The number of rotatable bonds is 4. The second-order valence-electron chi connectivity index (χ2n) is 4.89.